The molecule has 1 heterocycles. The lowest BCUT2D eigenvalue weighted by atomic mass is 10.2. The van der Waals surface area contributed by atoms with Crippen molar-refractivity contribution in [2.45, 2.75) is 25.3 Å². The predicted molar refractivity (Wildman–Crippen MR) is 66.6 cm³/mol. The van der Waals surface area contributed by atoms with Gasteiger partial charge in [-0.2, -0.15) is 5.10 Å². The molecule has 0 saturated heterocycles. The van der Waals surface area contributed by atoms with Crippen LogP contribution in [0.1, 0.15) is 29.8 Å². The second kappa shape index (κ2) is 5.48. The van der Waals surface area contributed by atoms with Gasteiger partial charge in [-0.3, -0.25) is 4.68 Å². The number of nitrogens with zero attached hydrogens (tertiary/aromatic N) is 2. The van der Waals surface area contributed by atoms with Crippen LogP contribution >= 0.6 is 11.6 Å². The van der Waals surface area contributed by atoms with Crippen molar-refractivity contribution >= 4 is 11.6 Å². The van der Waals surface area contributed by atoms with Gasteiger partial charge >= 0.3 is 0 Å². The highest BCUT2D eigenvalue weighted by Crippen LogP contribution is 2.23. The van der Waals surface area contributed by atoms with E-state index in [0.717, 1.165) is 18.1 Å². The summed E-state index contributed by atoms with van der Waals surface area (Å²) in [4.78, 5) is 0. The molecule has 1 aromatic carbocycles. The van der Waals surface area contributed by atoms with Crippen molar-refractivity contribution in [2.75, 3.05) is 0 Å². The summed E-state index contributed by atoms with van der Waals surface area (Å²) in [6, 6.07) is 3.53. The van der Waals surface area contributed by atoms with Gasteiger partial charge in [0.2, 0.25) is 0 Å². The molecule has 1 aromatic heterocycles. The SMILES string of the molecule is CCC(Cl)c1cnn(Cc2ccc(F)cc2F)c1. The van der Waals surface area contributed by atoms with Gasteiger partial charge in [0, 0.05) is 23.4 Å². The summed E-state index contributed by atoms with van der Waals surface area (Å²) in [5, 5.41) is 4.03. The normalized spacial score (nSPS) is 12.7. The number of aromatic nitrogens is 2. The molecule has 2 rings (SSSR count). The standard InChI is InChI=1S/C13H13ClF2N2/c1-2-12(14)10-6-17-18(8-10)7-9-3-4-11(15)5-13(9)16/h3-6,8,12H,2,7H2,1H3. The third kappa shape index (κ3) is 2.88. The minimum absolute atomic E-state index is 0.0863. The molecule has 2 aromatic rings. The van der Waals surface area contributed by atoms with E-state index in [1.54, 1.807) is 17.1 Å². The third-order valence-corrected chi connectivity index (χ3v) is 3.28. The van der Waals surface area contributed by atoms with Crippen molar-refractivity contribution in [1.29, 1.82) is 0 Å². The van der Waals surface area contributed by atoms with Crippen molar-refractivity contribution < 1.29 is 8.78 Å². The van der Waals surface area contributed by atoms with Crippen LogP contribution in [-0.4, -0.2) is 9.78 Å². The first-order valence-corrected chi connectivity index (χ1v) is 6.14. The maximum absolute atomic E-state index is 13.5. The third-order valence-electron chi connectivity index (χ3n) is 2.72. The van der Waals surface area contributed by atoms with Crippen LogP contribution in [0.4, 0.5) is 8.78 Å². The molecular weight excluding hydrogens is 258 g/mol. The summed E-state index contributed by atoms with van der Waals surface area (Å²) in [6.07, 6.45) is 4.25. The number of hydrogen-bond acceptors (Lipinski definition) is 1. The molecule has 0 aliphatic rings. The predicted octanol–water partition coefficient (Wildman–Crippen LogP) is 3.90. The molecule has 96 valence electrons. The summed E-state index contributed by atoms with van der Waals surface area (Å²) in [5.74, 6) is -1.14. The number of hydrogen-bond donors (Lipinski definition) is 0. The van der Waals surface area contributed by atoms with Crippen molar-refractivity contribution in [2.24, 2.45) is 0 Å². The van der Waals surface area contributed by atoms with Crippen molar-refractivity contribution in [3.8, 4) is 0 Å². The highest BCUT2D eigenvalue weighted by atomic mass is 35.5. The molecule has 0 saturated carbocycles. The lowest BCUT2D eigenvalue weighted by molar-refractivity contribution is 0.558. The zero-order valence-corrected chi connectivity index (χ0v) is 10.7. The molecule has 0 amide bonds. The number of halogens is 3. The van der Waals surface area contributed by atoms with Crippen LogP contribution in [0.2, 0.25) is 0 Å². The first kappa shape index (κ1) is 13.0. The molecule has 1 atom stereocenters. The molecular formula is C13H13ClF2N2. The van der Waals surface area contributed by atoms with Crippen LogP contribution in [0.5, 0.6) is 0 Å². The Morgan fingerprint density at radius 2 is 2.17 bits per heavy atom. The quantitative estimate of drug-likeness (QED) is 0.771. The van der Waals surface area contributed by atoms with Gasteiger partial charge in [-0.25, -0.2) is 8.78 Å². The van der Waals surface area contributed by atoms with Gasteiger partial charge in [0.1, 0.15) is 11.6 Å². The maximum atomic E-state index is 13.5. The lowest BCUT2D eigenvalue weighted by Gasteiger charge is -2.04. The summed E-state index contributed by atoms with van der Waals surface area (Å²) >= 11 is 6.08. The Balaban J connectivity index is 2.16. The Morgan fingerprint density at radius 3 is 2.83 bits per heavy atom. The fourth-order valence-electron chi connectivity index (χ4n) is 1.69. The molecule has 1 unspecified atom stereocenters. The second-order valence-corrected chi connectivity index (χ2v) is 4.61. The first-order valence-electron chi connectivity index (χ1n) is 5.70. The molecule has 18 heavy (non-hydrogen) atoms. The van der Waals surface area contributed by atoms with Crippen LogP contribution in [0.15, 0.2) is 30.6 Å². The van der Waals surface area contributed by atoms with Gasteiger partial charge in [-0.15, -0.1) is 11.6 Å². The van der Waals surface area contributed by atoms with E-state index in [1.807, 2.05) is 6.92 Å². The molecule has 0 radical (unpaired) electrons. The Labute approximate surface area is 109 Å². The van der Waals surface area contributed by atoms with Gasteiger partial charge in [0.25, 0.3) is 0 Å². The van der Waals surface area contributed by atoms with Crippen LogP contribution < -0.4 is 0 Å². The van der Waals surface area contributed by atoms with E-state index in [2.05, 4.69) is 5.10 Å². The molecule has 0 bridgehead atoms. The van der Waals surface area contributed by atoms with Gasteiger partial charge in [0.05, 0.1) is 18.1 Å². The summed E-state index contributed by atoms with van der Waals surface area (Å²) in [7, 11) is 0. The molecule has 0 N–H and O–H groups in total. The number of rotatable bonds is 4. The summed E-state index contributed by atoms with van der Waals surface area (Å²) < 4.78 is 27.8. The molecule has 0 spiro atoms. The minimum atomic E-state index is -0.579. The summed E-state index contributed by atoms with van der Waals surface area (Å²) in [6.45, 7) is 2.24. The van der Waals surface area contributed by atoms with Crippen molar-refractivity contribution in [1.82, 2.24) is 9.78 Å². The van der Waals surface area contributed by atoms with Crippen LogP contribution in [-0.2, 0) is 6.54 Å². The van der Waals surface area contributed by atoms with Gasteiger partial charge in [0.15, 0.2) is 0 Å². The topological polar surface area (TPSA) is 17.8 Å². The summed E-state index contributed by atoms with van der Waals surface area (Å²) in [5.41, 5.74) is 1.30. The molecule has 2 nitrogen and oxygen atoms in total. The van der Waals surface area contributed by atoms with Crippen LogP contribution in [0, 0.1) is 11.6 Å². The van der Waals surface area contributed by atoms with E-state index in [4.69, 9.17) is 11.6 Å². The van der Waals surface area contributed by atoms with E-state index in [1.165, 1.54) is 12.1 Å². The highest BCUT2D eigenvalue weighted by molar-refractivity contribution is 6.20. The lowest BCUT2D eigenvalue weighted by Crippen LogP contribution is -2.02. The molecule has 5 heteroatoms. The first-order chi connectivity index (χ1) is 8.60. The molecule has 0 aliphatic heterocycles. The Bertz CT molecular complexity index is 540. The fraction of sp³-hybridized carbons (Fsp3) is 0.308. The van der Waals surface area contributed by atoms with Gasteiger partial charge in [-0.05, 0) is 12.5 Å². The average Bonchev–Trinajstić information content (AvgIpc) is 2.80. The Hall–Kier alpha value is -1.42. The Morgan fingerprint density at radius 1 is 1.39 bits per heavy atom. The van der Waals surface area contributed by atoms with E-state index >= 15 is 0 Å². The van der Waals surface area contributed by atoms with E-state index < -0.39 is 11.6 Å². The monoisotopic (exact) mass is 270 g/mol. The fourth-order valence-corrected chi connectivity index (χ4v) is 1.80. The minimum Gasteiger partial charge on any atom is -0.268 e. The van der Waals surface area contributed by atoms with E-state index in [9.17, 15) is 8.78 Å². The van der Waals surface area contributed by atoms with Crippen LogP contribution in [0.3, 0.4) is 0 Å². The zero-order valence-electron chi connectivity index (χ0n) is 9.91. The van der Waals surface area contributed by atoms with Gasteiger partial charge in [-0.1, -0.05) is 13.0 Å². The van der Waals surface area contributed by atoms with Crippen molar-refractivity contribution in [3.63, 3.8) is 0 Å². The largest absolute Gasteiger partial charge is 0.268 e. The van der Waals surface area contributed by atoms with Crippen LogP contribution in [0.25, 0.3) is 0 Å². The maximum Gasteiger partial charge on any atom is 0.131 e. The smallest absolute Gasteiger partial charge is 0.131 e. The van der Waals surface area contributed by atoms with Gasteiger partial charge < -0.3 is 0 Å². The zero-order chi connectivity index (χ0) is 13.1. The van der Waals surface area contributed by atoms with E-state index in [0.29, 0.717) is 5.56 Å². The Kier molecular flexibility index (Phi) is 3.97. The van der Waals surface area contributed by atoms with E-state index in [-0.39, 0.29) is 11.9 Å². The van der Waals surface area contributed by atoms with Crippen molar-refractivity contribution in [3.05, 3.63) is 53.4 Å². The average molecular weight is 271 g/mol. The highest BCUT2D eigenvalue weighted by Gasteiger charge is 2.09. The number of alkyl halides is 1. The number of benzene rings is 1. The molecule has 0 fully saturated rings. The molecule has 0 aliphatic carbocycles. The second-order valence-electron chi connectivity index (χ2n) is 4.08.